The van der Waals surface area contributed by atoms with Gasteiger partial charge in [0.15, 0.2) is 11.5 Å². The predicted octanol–water partition coefficient (Wildman–Crippen LogP) is 7.19. The molecule has 0 aliphatic rings. The zero-order valence-corrected chi connectivity index (χ0v) is 21.8. The maximum absolute atomic E-state index is 12.5. The van der Waals surface area contributed by atoms with Crippen molar-refractivity contribution in [3.8, 4) is 11.5 Å². The molecular weight excluding hydrogens is 551 g/mol. The standard InChI is InChI=1S/C27H21BrCl2N2O3/c1-34-25-11-20(23(28)14-26(25)35-16-19-9-10-21(29)13-24(19)30)15-31-32-27(33)12-18-7-4-6-17-5-2-3-8-22(17)18/h2-11,13-15H,12,16H2,1H3,(H,32,33)/b31-15+. The highest BCUT2D eigenvalue weighted by Gasteiger charge is 2.12. The number of methoxy groups -OCH3 is 1. The predicted molar refractivity (Wildman–Crippen MR) is 145 cm³/mol. The fourth-order valence-electron chi connectivity index (χ4n) is 3.55. The summed E-state index contributed by atoms with van der Waals surface area (Å²) in [7, 11) is 1.55. The second-order valence-corrected chi connectivity index (χ2v) is 9.36. The van der Waals surface area contributed by atoms with Crippen molar-refractivity contribution in [2.45, 2.75) is 13.0 Å². The molecule has 0 saturated heterocycles. The van der Waals surface area contributed by atoms with E-state index in [1.165, 1.54) is 0 Å². The summed E-state index contributed by atoms with van der Waals surface area (Å²) in [6, 6.07) is 22.7. The smallest absolute Gasteiger partial charge is 0.244 e. The van der Waals surface area contributed by atoms with Crippen LogP contribution < -0.4 is 14.9 Å². The quantitative estimate of drug-likeness (QED) is 0.180. The Kier molecular flexibility index (Phi) is 8.29. The fraction of sp³-hybridized carbons (Fsp3) is 0.111. The van der Waals surface area contributed by atoms with Crippen molar-refractivity contribution in [1.29, 1.82) is 0 Å². The van der Waals surface area contributed by atoms with E-state index in [4.69, 9.17) is 32.7 Å². The summed E-state index contributed by atoms with van der Waals surface area (Å²) in [6.07, 6.45) is 1.77. The molecule has 4 rings (SSSR count). The van der Waals surface area contributed by atoms with Gasteiger partial charge in [-0.05, 0) is 56.5 Å². The van der Waals surface area contributed by atoms with Crippen LogP contribution in [0.4, 0.5) is 0 Å². The lowest BCUT2D eigenvalue weighted by Crippen LogP contribution is -2.20. The Bertz CT molecular complexity index is 1400. The highest BCUT2D eigenvalue weighted by Crippen LogP contribution is 2.34. The SMILES string of the molecule is COc1cc(/C=N/NC(=O)Cc2cccc3ccccc23)c(Br)cc1OCc1ccc(Cl)cc1Cl. The van der Waals surface area contributed by atoms with E-state index < -0.39 is 0 Å². The normalized spacial score (nSPS) is 11.1. The Labute approximate surface area is 221 Å². The molecule has 1 amide bonds. The molecule has 4 aromatic carbocycles. The number of carbonyl (C=O) groups excluding carboxylic acids is 1. The maximum Gasteiger partial charge on any atom is 0.244 e. The number of hydrogen-bond donors (Lipinski definition) is 1. The molecule has 178 valence electrons. The first-order valence-electron chi connectivity index (χ1n) is 10.7. The second-order valence-electron chi connectivity index (χ2n) is 7.66. The summed E-state index contributed by atoms with van der Waals surface area (Å²) in [6.45, 7) is 0.246. The number of ether oxygens (including phenoxy) is 2. The summed E-state index contributed by atoms with van der Waals surface area (Å²) in [5.41, 5.74) is 5.05. The Morgan fingerprint density at radius 2 is 1.80 bits per heavy atom. The summed E-state index contributed by atoms with van der Waals surface area (Å²) >= 11 is 15.7. The third-order valence-electron chi connectivity index (χ3n) is 5.31. The second kappa shape index (κ2) is 11.6. The number of halogens is 3. The first-order valence-corrected chi connectivity index (χ1v) is 12.2. The molecule has 0 fully saturated rings. The van der Waals surface area contributed by atoms with Gasteiger partial charge in [0, 0.05) is 25.6 Å². The topological polar surface area (TPSA) is 59.9 Å². The molecule has 0 unspecified atom stereocenters. The summed E-state index contributed by atoms with van der Waals surface area (Å²) in [4.78, 5) is 12.5. The van der Waals surface area contributed by atoms with Gasteiger partial charge < -0.3 is 9.47 Å². The van der Waals surface area contributed by atoms with Crippen LogP contribution in [0.3, 0.4) is 0 Å². The van der Waals surface area contributed by atoms with Gasteiger partial charge in [-0.15, -0.1) is 0 Å². The summed E-state index contributed by atoms with van der Waals surface area (Å²) < 4.78 is 12.1. The lowest BCUT2D eigenvalue weighted by Gasteiger charge is -2.13. The minimum atomic E-state index is -0.208. The number of fused-ring (bicyclic) bond motifs is 1. The van der Waals surface area contributed by atoms with Crippen LogP contribution in [0.1, 0.15) is 16.7 Å². The fourth-order valence-corrected chi connectivity index (χ4v) is 4.44. The summed E-state index contributed by atoms with van der Waals surface area (Å²) in [5, 5.41) is 7.35. The van der Waals surface area contributed by atoms with Crippen molar-refractivity contribution < 1.29 is 14.3 Å². The van der Waals surface area contributed by atoms with Gasteiger partial charge in [0.05, 0.1) is 19.7 Å². The van der Waals surface area contributed by atoms with E-state index >= 15 is 0 Å². The van der Waals surface area contributed by atoms with Crippen molar-refractivity contribution in [3.63, 3.8) is 0 Å². The number of carbonyl (C=O) groups is 1. The lowest BCUT2D eigenvalue weighted by atomic mass is 10.0. The average molecular weight is 572 g/mol. The molecule has 5 nitrogen and oxygen atoms in total. The minimum absolute atomic E-state index is 0.208. The van der Waals surface area contributed by atoms with E-state index in [-0.39, 0.29) is 18.9 Å². The Morgan fingerprint density at radius 1 is 1.00 bits per heavy atom. The minimum Gasteiger partial charge on any atom is -0.493 e. The molecule has 4 aromatic rings. The molecule has 0 heterocycles. The molecule has 0 saturated carbocycles. The Balaban J connectivity index is 1.42. The van der Waals surface area contributed by atoms with E-state index in [0.29, 0.717) is 27.1 Å². The molecule has 1 N–H and O–H groups in total. The Morgan fingerprint density at radius 3 is 2.60 bits per heavy atom. The lowest BCUT2D eigenvalue weighted by molar-refractivity contribution is -0.120. The van der Waals surface area contributed by atoms with Crippen LogP contribution in [0.5, 0.6) is 11.5 Å². The molecule has 0 spiro atoms. The van der Waals surface area contributed by atoms with Gasteiger partial charge in [-0.2, -0.15) is 5.10 Å². The average Bonchev–Trinajstić information content (AvgIpc) is 2.85. The van der Waals surface area contributed by atoms with Gasteiger partial charge in [-0.25, -0.2) is 5.43 Å². The van der Waals surface area contributed by atoms with Gasteiger partial charge in [0.2, 0.25) is 5.91 Å². The number of nitrogens with zero attached hydrogens (tertiary/aromatic N) is 1. The monoisotopic (exact) mass is 570 g/mol. The van der Waals surface area contributed by atoms with Crippen LogP contribution in [0.15, 0.2) is 82.4 Å². The largest absolute Gasteiger partial charge is 0.493 e. The van der Waals surface area contributed by atoms with Crippen LogP contribution in [0.2, 0.25) is 10.0 Å². The van der Waals surface area contributed by atoms with Gasteiger partial charge >= 0.3 is 0 Å². The number of hydrogen-bond acceptors (Lipinski definition) is 4. The van der Waals surface area contributed by atoms with Crippen LogP contribution >= 0.6 is 39.1 Å². The van der Waals surface area contributed by atoms with Gasteiger partial charge in [-0.3, -0.25) is 4.79 Å². The van der Waals surface area contributed by atoms with Crippen LogP contribution in [0, 0.1) is 0 Å². The molecule has 0 aliphatic heterocycles. The maximum atomic E-state index is 12.5. The number of rotatable bonds is 8. The zero-order valence-electron chi connectivity index (χ0n) is 18.7. The van der Waals surface area contributed by atoms with Crippen molar-refractivity contribution in [3.05, 3.63) is 104 Å². The van der Waals surface area contributed by atoms with Crippen molar-refractivity contribution in [2.75, 3.05) is 7.11 Å². The van der Waals surface area contributed by atoms with Gasteiger partial charge in [-0.1, -0.05) is 71.7 Å². The molecule has 0 aliphatic carbocycles. The van der Waals surface area contributed by atoms with E-state index in [2.05, 4.69) is 26.5 Å². The van der Waals surface area contributed by atoms with Gasteiger partial charge in [0.25, 0.3) is 0 Å². The van der Waals surface area contributed by atoms with E-state index in [1.54, 1.807) is 37.6 Å². The van der Waals surface area contributed by atoms with E-state index in [0.717, 1.165) is 26.4 Å². The molecule has 35 heavy (non-hydrogen) atoms. The molecular formula is C27H21BrCl2N2O3. The first kappa shape index (κ1) is 25.0. The third kappa shape index (κ3) is 6.34. The van der Waals surface area contributed by atoms with Crippen molar-refractivity contribution in [2.24, 2.45) is 5.10 Å². The van der Waals surface area contributed by atoms with Gasteiger partial charge in [0.1, 0.15) is 6.61 Å². The number of benzene rings is 4. The van der Waals surface area contributed by atoms with Crippen LogP contribution in [-0.2, 0) is 17.8 Å². The molecule has 0 bridgehead atoms. The number of hydrazone groups is 1. The molecule has 8 heteroatoms. The molecule has 0 atom stereocenters. The van der Waals surface area contributed by atoms with Crippen LogP contribution in [-0.4, -0.2) is 19.2 Å². The zero-order chi connectivity index (χ0) is 24.8. The van der Waals surface area contributed by atoms with Crippen LogP contribution in [0.25, 0.3) is 10.8 Å². The Hall–Kier alpha value is -3.06. The number of nitrogens with one attached hydrogen (secondary N) is 1. The summed E-state index contributed by atoms with van der Waals surface area (Å²) in [5.74, 6) is 0.838. The molecule has 0 radical (unpaired) electrons. The van der Waals surface area contributed by atoms with Crippen molar-refractivity contribution >= 4 is 62.0 Å². The first-order chi connectivity index (χ1) is 16.9. The highest BCUT2D eigenvalue weighted by molar-refractivity contribution is 9.10. The van der Waals surface area contributed by atoms with E-state index in [9.17, 15) is 4.79 Å². The van der Waals surface area contributed by atoms with Crippen molar-refractivity contribution in [1.82, 2.24) is 5.43 Å². The third-order valence-corrected chi connectivity index (χ3v) is 6.58. The number of amides is 1. The highest BCUT2D eigenvalue weighted by atomic mass is 79.9. The van der Waals surface area contributed by atoms with E-state index in [1.807, 2.05) is 48.5 Å². The molecule has 0 aromatic heterocycles.